The van der Waals surface area contributed by atoms with Gasteiger partial charge in [0.1, 0.15) is 0 Å². The minimum Gasteiger partial charge on any atom is -0.316 e. The molecule has 116 valence electrons. The van der Waals surface area contributed by atoms with E-state index in [1.165, 1.54) is 25.0 Å². The van der Waals surface area contributed by atoms with Gasteiger partial charge in [0, 0.05) is 18.0 Å². The van der Waals surface area contributed by atoms with Crippen molar-refractivity contribution in [3.8, 4) is 0 Å². The highest BCUT2D eigenvalue weighted by Gasteiger charge is 2.47. The summed E-state index contributed by atoms with van der Waals surface area (Å²) in [5.74, 6) is 3.48. The molecule has 1 aliphatic heterocycles. The van der Waals surface area contributed by atoms with Crippen molar-refractivity contribution in [1.82, 2.24) is 5.32 Å². The van der Waals surface area contributed by atoms with Gasteiger partial charge in [0.15, 0.2) is 0 Å². The lowest BCUT2D eigenvalue weighted by Gasteiger charge is -2.54. The second kappa shape index (κ2) is 4.74. The standard InChI is InChI=1S/C15H18F3NOS/c1-21(20,15(16,17)18)13-4-2-11(3-5-13)6-12-7-14(8-12)9-19-10-14/h2-5,12,19H,1,6-10H2. The summed E-state index contributed by atoms with van der Waals surface area (Å²) in [5.41, 5.74) is -3.29. The number of halogens is 3. The minimum atomic E-state index is -4.80. The molecule has 6 heteroatoms. The van der Waals surface area contributed by atoms with Crippen LogP contribution in [-0.4, -0.2) is 28.7 Å². The van der Waals surface area contributed by atoms with Crippen LogP contribution < -0.4 is 5.32 Å². The van der Waals surface area contributed by atoms with Gasteiger partial charge >= 0.3 is 5.51 Å². The van der Waals surface area contributed by atoms with Gasteiger partial charge in [-0.25, -0.2) is 0 Å². The quantitative estimate of drug-likeness (QED) is 0.869. The largest absolute Gasteiger partial charge is 0.467 e. The van der Waals surface area contributed by atoms with E-state index >= 15 is 0 Å². The second-order valence-corrected chi connectivity index (χ2v) is 8.63. The summed E-state index contributed by atoms with van der Waals surface area (Å²) in [7, 11) is -4.23. The summed E-state index contributed by atoms with van der Waals surface area (Å²) in [6, 6.07) is 5.90. The predicted octanol–water partition coefficient (Wildman–Crippen LogP) is 2.82. The topological polar surface area (TPSA) is 29.1 Å². The molecule has 2 nitrogen and oxygen atoms in total. The average molecular weight is 317 g/mol. The van der Waals surface area contributed by atoms with E-state index in [9.17, 15) is 17.4 Å². The number of hydrogen-bond acceptors (Lipinski definition) is 2. The summed E-state index contributed by atoms with van der Waals surface area (Å²) < 4.78 is 49.7. The minimum absolute atomic E-state index is 0.243. The van der Waals surface area contributed by atoms with Gasteiger partial charge in [-0.2, -0.15) is 13.2 Å². The van der Waals surface area contributed by atoms with E-state index in [-0.39, 0.29) is 4.90 Å². The van der Waals surface area contributed by atoms with Gasteiger partial charge in [0.05, 0.1) is 9.52 Å². The summed E-state index contributed by atoms with van der Waals surface area (Å²) in [4.78, 5) is -0.243. The number of alkyl halides is 3. The Balaban J connectivity index is 1.65. The number of nitrogens with one attached hydrogen (secondary N) is 1. The molecule has 0 aromatic heterocycles. The van der Waals surface area contributed by atoms with Crippen LogP contribution in [0.15, 0.2) is 29.2 Å². The molecular weight excluding hydrogens is 299 g/mol. The van der Waals surface area contributed by atoms with Crippen LogP contribution in [0.25, 0.3) is 0 Å². The van der Waals surface area contributed by atoms with Crippen LogP contribution in [0.5, 0.6) is 0 Å². The lowest BCUT2D eigenvalue weighted by atomic mass is 9.57. The molecule has 2 aliphatic rings. The molecule has 3 rings (SSSR count). The lowest BCUT2D eigenvalue weighted by molar-refractivity contribution is -0.0392. The fraction of sp³-hybridized carbons (Fsp3) is 0.533. The Hall–Kier alpha value is -1.01. The molecule has 1 N–H and O–H groups in total. The first-order valence-corrected chi connectivity index (χ1v) is 8.68. The fourth-order valence-electron chi connectivity index (χ4n) is 3.39. The van der Waals surface area contributed by atoms with Gasteiger partial charge in [0.25, 0.3) is 0 Å². The third-order valence-electron chi connectivity index (χ3n) is 4.65. The maximum Gasteiger partial charge on any atom is 0.467 e. The number of rotatable bonds is 3. The Bertz CT molecular complexity index is 622. The molecule has 21 heavy (non-hydrogen) atoms. The highest BCUT2D eigenvalue weighted by atomic mass is 32.2. The molecule has 1 saturated carbocycles. The molecule has 1 spiro atoms. The first kappa shape index (κ1) is 14.9. The Morgan fingerprint density at radius 2 is 1.81 bits per heavy atom. The highest BCUT2D eigenvalue weighted by molar-refractivity contribution is 8.01. The second-order valence-electron chi connectivity index (χ2n) is 6.35. The molecule has 0 amide bonds. The normalized spacial score (nSPS) is 24.1. The fourth-order valence-corrected chi connectivity index (χ4v) is 4.23. The van der Waals surface area contributed by atoms with Crippen molar-refractivity contribution < 1.29 is 17.4 Å². The SMILES string of the molecule is C=S(=O)(c1ccc(CC2CC3(CNC3)C2)cc1)C(F)(F)F. The average Bonchev–Trinajstić information content (AvgIpc) is 2.30. The molecule has 0 bridgehead atoms. The molecule has 1 aromatic carbocycles. The summed E-state index contributed by atoms with van der Waals surface area (Å²) in [5, 5.41) is 3.28. The van der Waals surface area contributed by atoms with Crippen LogP contribution in [0.1, 0.15) is 18.4 Å². The first-order valence-electron chi connectivity index (χ1n) is 6.95. The first-order chi connectivity index (χ1) is 9.72. The molecular formula is C15H18F3NOS. The third kappa shape index (κ3) is 2.59. The van der Waals surface area contributed by atoms with Crippen molar-refractivity contribution in [1.29, 1.82) is 0 Å². The molecule has 1 aromatic rings. The smallest absolute Gasteiger partial charge is 0.316 e. The van der Waals surface area contributed by atoms with Crippen molar-refractivity contribution in [2.75, 3.05) is 13.1 Å². The summed E-state index contributed by atoms with van der Waals surface area (Å²) >= 11 is 0. The van der Waals surface area contributed by atoms with Crippen molar-refractivity contribution in [2.45, 2.75) is 29.7 Å². The van der Waals surface area contributed by atoms with E-state index in [0.717, 1.165) is 25.1 Å². The van der Waals surface area contributed by atoms with E-state index in [4.69, 9.17) is 0 Å². The van der Waals surface area contributed by atoms with E-state index in [0.29, 0.717) is 11.3 Å². The summed E-state index contributed by atoms with van der Waals surface area (Å²) in [6.45, 7) is 2.19. The zero-order chi connectivity index (χ0) is 15.3. The lowest BCUT2D eigenvalue weighted by Crippen LogP contribution is -2.60. The van der Waals surface area contributed by atoms with Crippen LogP contribution >= 0.6 is 0 Å². The van der Waals surface area contributed by atoms with Gasteiger partial charge in [0.2, 0.25) is 0 Å². The van der Waals surface area contributed by atoms with E-state index in [1.54, 1.807) is 12.1 Å². The number of benzene rings is 1. The van der Waals surface area contributed by atoms with E-state index in [1.807, 2.05) is 0 Å². The summed E-state index contributed by atoms with van der Waals surface area (Å²) in [6.07, 6.45) is 3.26. The zero-order valence-electron chi connectivity index (χ0n) is 11.6. The maximum atomic E-state index is 12.7. The highest BCUT2D eigenvalue weighted by Crippen LogP contribution is 2.49. The number of hydrogen-bond donors (Lipinski definition) is 1. The molecule has 1 aliphatic carbocycles. The van der Waals surface area contributed by atoms with Crippen LogP contribution in [0.3, 0.4) is 0 Å². The molecule has 1 unspecified atom stereocenters. The molecule has 1 atom stereocenters. The van der Waals surface area contributed by atoms with Crippen LogP contribution in [0.4, 0.5) is 13.2 Å². The maximum absolute atomic E-state index is 12.7. The van der Waals surface area contributed by atoms with Crippen LogP contribution in [0.2, 0.25) is 0 Å². The van der Waals surface area contributed by atoms with Crippen molar-refractivity contribution >= 4 is 15.4 Å². The van der Waals surface area contributed by atoms with Gasteiger partial charge in [-0.15, -0.1) is 0 Å². The van der Waals surface area contributed by atoms with Crippen molar-refractivity contribution in [3.63, 3.8) is 0 Å². The third-order valence-corrected chi connectivity index (χ3v) is 6.43. The van der Waals surface area contributed by atoms with Crippen molar-refractivity contribution in [3.05, 3.63) is 29.8 Å². The van der Waals surface area contributed by atoms with E-state index in [2.05, 4.69) is 11.2 Å². The van der Waals surface area contributed by atoms with Gasteiger partial charge in [-0.3, -0.25) is 4.21 Å². The molecule has 0 radical (unpaired) electrons. The van der Waals surface area contributed by atoms with Gasteiger partial charge < -0.3 is 5.32 Å². The molecule has 2 fully saturated rings. The van der Waals surface area contributed by atoms with Gasteiger partial charge in [-0.05, 0) is 54.2 Å². The Kier molecular flexibility index (Phi) is 3.37. The van der Waals surface area contributed by atoms with Crippen LogP contribution in [0, 0.1) is 11.3 Å². The monoisotopic (exact) mass is 317 g/mol. The van der Waals surface area contributed by atoms with Crippen LogP contribution in [-0.2, 0) is 15.9 Å². The Morgan fingerprint density at radius 3 is 2.24 bits per heavy atom. The van der Waals surface area contributed by atoms with Gasteiger partial charge in [-0.1, -0.05) is 12.1 Å². The molecule has 1 saturated heterocycles. The Morgan fingerprint density at radius 1 is 1.24 bits per heavy atom. The van der Waals surface area contributed by atoms with E-state index < -0.39 is 15.0 Å². The predicted molar refractivity (Wildman–Crippen MR) is 77.8 cm³/mol. The molecule has 1 heterocycles. The van der Waals surface area contributed by atoms with Crippen molar-refractivity contribution in [2.24, 2.45) is 11.3 Å². The zero-order valence-corrected chi connectivity index (χ0v) is 12.4. The Labute approximate surface area is 122 Å².